The van der Waals surface area contributed by atoms with E-state index in [9.17, 15) is 39.0 Å². The van der Waals surface area contributed by atoms with Crippen LogP contribution in [-0.2, 0) is 32.1 Å². The lowest BCUT2D eigenvalue weighted by molar-refractivity contribution is -0.141. The van der Waals surface area contributed by atoms with Crippen molar-refractivity contribution in [2.45, 2.75) is 77.6 Å². The van der Waals surface area contributed by atoms with Gasteiger partial charge in [-0.2, -0.15) is 0 Å². The third-order valence-corrected chi connectivity index (χ3v) is 8.58. The fourth-order valence-corrected chi connectivity index (χ4v) is 5.49. The fraction of sp³-hybridized carbons (Fsp3) is 0.385. The molecular formula is C39H47N5O9. The Balaban J connectivity index is 1.53. The summed E-state index contributed by atoms with van der Waals surface area (Å²) in [7, 11) is 0. The molecule has 14 heteroatoms. The Morgan fingerprint density at radius 1 is 0.792 bits per heavy atom. The maximum absolute atomic E-state index is 13.5. The molecule has 3 aromatic rings. The van der Waals surface area contributed by atoms with Crippen molar-refractivity contribution in [3.63, 3.8) is 0 Å². The molecule has 14 nitrogen and oxygen atoms in total. The summed E-state index contributed by atoms with van der Waals surface area (Å²) < 4.78 is 5.66. The van der Waals surface area contributed by atoms with Crippen LogP contribution in [-0.4, -0.2) is 77.1 Å². The van der Waals surface area contributed by atoms with E-state index < -0.39 is 47.3 Å². The number of ether oxygens (including phenoxy) is 1. The number of carbonyl (C=O) groups excluding carboxylic acids is 5. The molecule has 4 aliphatic heterocycles. The summed E-state index contributed by atoms with van der Waals surface area (Å²) in [6.45, 7) is 5.76. The van der Waals surface area contributed by atoms with Gasteiger partial charge >= 0.3 is 5.97 Å². The molecule has 0 saturated carbocycles. The molecule has 3 atom stereocenters. The van der Waals surface area contributed by atoms with Crippen molar-refractivity contribution in [3.05, 3.63) is 95.1 Å². The number of carboxylic acids is 1. The molecule has 0 unspecified atom stereocenters. The van der Waals surface area contributed by atoms with Crippen LogP contribution in [0.25, 0.3) is 0 Å². The lowest BCUT2D eigenvalue weighted by Crippen LogP contribution is -2.55. The van der Waals surface area contributed by atoms with Crippen molar-refractivity contribution in [2.24, 2.45) is 5.41 Å². The first-order chi connectivity index (χ1) is 25.2. The average molecular weight is 730 g/mol. The zero-order chi connectivity index (χ0) is 38.5. The van der Waals surface area contributed by atoms with Gasteiger partial charge in [0, 0.05) is 42.6 Å². The molecule has 7 N–H and O–H groups in total. The molecular weight excluding hydrogens is 682 g/mol. The standard InChI is InChI=1S/C39H47N5O9/c1-39(2,3)34(47)33-37(50)42-28-15-11-24(12-16-28)22-30(38(51)52)43-32(46)10-5-4-9-31(45)40-19-20-53-29-17-13-26(14-18-29)35(48)41-23-25-7-6-8-27(21-25)36(49)44-33/h6-8,11-18,21,30,33-34,47H,4-5,9-10,19-20,22-23H2,1-3H3,(H,40,45)(H,41,48)(H,42,50)(H,43,46)(H,44,49)(H,51,52)/t30-,33-,34+/m0/s1. The van der Waals surface area contributed by atoms with Gasteiger partial charge in [0.1, 0.15) is 24.4 Å². The van der Waals surface area contributed by atoms with E-state index in [1.807, 2.05) is 0 Å². The zero-order valence-electron chi connectivity index (χ0n) is 30.1. The van der Waals surface area contributed by atoms with E-state index in [4.69, 9.17) is 4.74 Å². The second kappa shape index (κ2) is 18.6. The number of amides is 5. The highest BCUT2D eigenvalue weighted by Gasteiger charge is 2.36. The third-order valence-electron chi connectivity index (χ3n) is 8.58. The number of aliphatic hydroxyl groups excluding tert-OH is 1. The molecule has 4 aliphatic rings. The highest BCUT2D eigenvalue weighted by atomic mass is 16.5. The quantitative estimate of drug-likeness (QED) is 0.206. The van der Waals surface area contributed by atoms with Crippen LogP contribution in [0.1, 0.15) is 78.3 Å². The number of aliphatic carboxylic acids is 1. The minimum Gasteiger partial charge on any atom is -0.492 e. The number of nitrogens with one attached hydrogen (secondary N) is 5. The molecule has 0 aromatic heterocycles. The van der Waals surface area contributed by atoms with Crippen LogP contribution in [0.15, 0.2) is 72.8 Å². The molecule has 0 spiro atoms. The van der Waals surface area contributed by atoms with Gasteiger partial charge < -0.3 is 41.5 Å². The topological polar surface area (TPSA) is 212 Å². The largest absolute Gasteiger partial charge is 0.492 e. The van der Waals surface area contributed by atoms with E-state index in [0.717, 1.165) is 0 Å². The Hall–Kier alpha value is -5.76. The maximum Gasteiger partial charge on any atom is 0.326 e. The Labute approximate surface area is 308 Å². The summed E-state index contributed by atoms with van der Waals surface area (Å²) in [6, 6.07) is 16.8. The lowest BCUT2D eigenvalue weighted by atomic mass is 9.84. The van der Waals surface area contributed by atoms with Crippen molar-refractivity contribution in [3.8, 4) is 5.75 Å². The molecule has 0 aliphatic carbocycles. The molecule has 7 rings (SSSR count). The van der Waals surface area contributed by atoms with Gasteiger partial charge in [-0.1, -0.05) is 45.0 Å². The first-order valence-electron chi connectivity index (χ1n) is 17.5. The maximum atomic E-state index is 13.5. The Morgan fingerprint density at radius 3 is 2.13 bits per heavy atom. The summed E-state index contributed by atoms with van der Waals surface area (Å²) in [5.41, 5.74) is 1.35. The fourth-order valence-electron chi connectivity index (χ4n) is 5.49. The minimum absolute atomic E-state index is 0.0198. The molecule has 3 aromatic carbocycles. The number of benzene rings is 3. The SMILES string of the molecule is CC(C)(C)[C@H](O)[C@@H]1NC(=O)c2cccc(c2)CNC(=O)c2ccc(cc2)OCCNC(=O)CCCCC(=O)N[C@H](C(=O)O)Cc2ccc(cc2)NC1=O. The molecule has 0 radical (unpaired) electrons. The van der Waals surface area contributed by atoms with Crippen LogP contribution in [0.5, 0.6) is 5.75 Å². The van der Waals surface area contributed by atoms with Crippen LogP contribution >= 0.6 is 0 Å². The van der Waals surface area contributed by atoms with Gasteiger partial charge in [-0.25, -0.2) is 4.79 Å². The van der Waals surface area contributed by atoms with Crippen LogP contribution < -0.4 is 31.3 Å². The van der Waals surface area contributed by atoms with Crippen molar-refractivity contribution in [1.82, 2.24) is 21.3 Å². The summed E-state index contributed by atoms with van der Waals surface area (Å²) in [5.74, 6) is -3.00. The lowest BCUT2D eigenvalue weighted by Gasteiger charge is -2.32. The van der Waals surface area contributed by atoms with Crippen molar-refractivity contribution < 1.29 is 43.7 Å². The number of carbonyl (C=O) groups is 6. The van der Waals surface area contributed by atoms with Gasteiger partial charge in [-0.05, 0) is 77.9 Å². The summed E-state index contributed by atoms with van der Waals surface area (Å²) in [4.78, 5) is 76.6. The second-order valence-corrected chi connectivity index (χ2v) is 13.9. The summed E-state index contributed by atoms with van der Waals surface area (Å²) in [5, 5.41) is 34.4. The first kappa shape index (κ1) is 40.0. The minimum atomic E-state index is -1.35. The van der Waals surface area contributed by atoms with E-state index in [1.165, 1.54) is 0 Å². The van der Waals surface area contributed by atoms with E-state index in [0.29, 0.717) is 41.0 Å². The third kappa shape index (κ3) is 12.5. The number of rotatable bonds is 2. The van der Waals surface area contributed by atoms with Gasteiger partial charge in [0.2, 0.25) is 17.7 Å². The van der Waals surface area contributed by atoms with E-state index >= 15 is 0 Å². The van der Waals surface area contributed by atoms with E-state index in [-0.39, 0.29) is 56.3 Å². The van der Waals surface area contributed by atoms with E-state index in [1.54, 1.807) is 93.6 Å². The molecule has 0 fully saturated rings. The van der Waals surface area contributed by atoms with Gasteiger partial charge in [-0.15, -0.1) is 0 Å². The van der Waals surface area contributed by atoms with E-state index in [2.05, 4.69) is 26.6 Å². The zero-order valence-corrected chi connectivity index (χ0v) is 30.1. The molecule has 6 bridgehead atoms. The number of carboxylic acid groups (broad SMARTS) is 1. The van der Waals surface area contributed by atoms with Gasteiger partial charge in [0.05, 0.1) is 12.6 Å². The van der Waals surface area contributed by atoms with Crippen molar-refractivity contribution in [2.75, 3.05) is 18.5 Å². The average Bonchev–Trinajstić information content (AvgIpc) is 3.12. The van der Waals surface area contributed by atoms with Crippen molar-refractivity contribution >= 4 is 41.2 Å². The van der Waals surface area contributed by atoms with Gasteiger partial charge in [0.25, 0.3) is 11.8 Å². The number of hydrogen-bond acceptors (Lipinski definition) is 8. The summed E-state index contributed by atoms with van der Waals surface area (Å²) >= 11 is 0. The molecule has 5 amide bonds. The Morgan fingerprint density at radius 2 is 1.47 bits per heavy atom. The highest BCUT2D eigenvalue weighted by molar-refractivity contribution is 6.01. The summed E-state index contributed by atoms with van der Waals surface area (Å²) in [6.07, 6.45) is -0.263. The van der Waals surface area contributed by atoms with Gasteiger partial charge in [-0.3, -0.25) is 24.0 Å². The predicted molar refractivity (Wildman–Crippen MR) is 196 cm³/mol. The normalized spacial score (nSPS) is 19.5. The smallest absolute Gasteiger partial charge is 0.326 e. The highest BCUT2D eigenvalue weighted by Crippen LogP contribution is 2.24. The second-order valence-electron chi connectivity index (χ2n) is 13.9. The molecule has 0 saturated heterocycles. The molecule has 282 valence electrons. The Kier molecular flexibility index (Phi) is 14.1. The Bertz CT molecular complexity index is 1770. The first-order valence-corrected chi connectivity index (χ1v) is 17.5. The van der Waals surface area contributed by atoms with Crippen molar-refractivity contribution in [1.29, 1.82) is 0 Å². The number of hydrogen-bond donors (Lipinski definition) is 7. The monoisotopic (exact) mass is 729 g/mol. The van der Waals surface area contributed by atoms with Crippen LogP contribution in [0, 0.1) is 5.41 Å². The number of anilines is 1. The molecule has 53 heavy (non-hydrogen) atoms. The van der Waals surface area contributed by atoms with Gasteiger partial charge in [0.15, 0.2) is 0 Å². The van der Waals surface area contributed by atoms with Crippen LogP contribution in [0.2, 0.25) is 0 Å². The predicted octanol–water partition coefficient (Wildman–Crippen LogP) is 2.94. The van der Waals surface area contributed by atoms with Crippen LogP contribution in [0.4, 0.5) is 5.69 Å². The molecule has 4 heterocycles. The number of aliphatic hydroxyl groups is 1. The van der Waals surface area contributed by atoms with Crippen LogP contribution in [0.3, 0.4) is 0 Å².